The SMILES string of the molecule is CCc1nnsc1C(=O)NCC(CC)(CC)CBr. The highest BCUT2D eigenvalue weighted by Crippen LogP contribution is 2.28. The zero-order chi connectivity index (χ0) is 13.6. The summed E-state index contributed by atoms with van der Waals surface area (Å²) in [4.78, 5) is 12.7. The van der Waals surface area contributed by atoms with Gasteiger partial charge in [-0.1, -0.05) is 41.2 Å². The van der Waals surface area contributed by atoms with Crippen molar-refractivity contribution in [3.05, 3.63) is 10.6 Å². The quantitative estimate of drug-likeness (QED) is 0.780. The number of aryl methyl sites for hydroxylation is 1. The normalized spacial score (nSPS) is 11.6. The number of aromatic nitrogens is 2. The molecule has 0 aliphatic rings. The van der Waals surface area contributed by atoms with Crippen LogP contribution < -0.4 is 5.32 Å². The van der Waals surface area contributed by atoms with Crippen LogP contribution in [0.4, 0.5) is 0 Å². The van der Waals surface area contributed by atoms with Crippen molar-refractivity contribution in [1.82, 2.24) is 14.9 Å². The van der Waals surface area contributed by atoms with Crippen LogP contribution in [0.25, 0.3) is 0 Å². The van der Waals surface area contributed by atoms with Gasteiger partial charge < -0.3 is 5.32 Å². The number of hydrogen-bond acceptors (Lipinski definition) is 4. The Balaban J connectivity index is 2.66. The molecule has 1 amide bonds. The Kier molecular flexibility index (Phi) is 6.21. The van der Waals surface area contributed by atoms with Crippen molar-refractivity contribution in [2.45, 2.75) is 40.0 Å². The van der Waals surface area contributed by atoms with Crippen LogP contribution in [0.2, 0.25) is 0 Å². The molecule has 0 fully saturated rings. The summed E-state index contributed by atoms with van der Waals surface area (Å²) in [6, 6.07) is 0. The predicted molar refractivity (Wildman–Crippen MR) is 78.4 cm³/mol. The van der Waals surface area contributed by atoms with Gasteiger partial charge in [-0.15, -0.1) is 5.10 Å². The van der Waals surface area contributed by atoms with Gasteiger partial charge in [0.1, 0.15) is 4.88 Å². The van der Waals surface area contributed by atoms with Crippen LogP contribution in [0, 0.1) is 5.41 Å². The van der Waals surface area contributed by atoms with Crippen molar-refractivity contribution in [1.29, 1.82) is 0 Å². The molecular weight excluding hydrogens is 314 g/mol. The smallest absolute Gasteiger partial charge is 0.264 e. The molecule has 0 aliphatic heterocycles. The third-order valence-electron chi connectivity index (χ3n) is 3.50. The van der Waals surface area contributed by atoms with Gasteiger partial charge in [-0.25, -0.2) is 0 Å². The third kappa shape index (κ3) is 3.51. The van der Waals surface area contributed by atoms with Crippen LogP contribution in [-0.2, 0) is 6.42 Å². The van der Waals surface area contributed by atoms with Gasteiger partial charge in [-0.2, -0.15) is 0 Å². The van der Waals surface area contributed by atoms with E-state index in [0.29, 0.717) is 11.4 Å². The maximum absolute atomic E-state index is 12.1. The van der Waals surface area contributed by atoms with E-state index in [-0.39, 0.29) is 11.3 Å². The zero-order valence-corrected chi connectivity index (χ0v) is 13.5. The summed E-state index contributed by atoms with van der Waals surface area (Å²) in [5, 5.41) is 7.87. The Morgan fingerprint density at radius 2 is 2.06 bits per heavy atom. The van der Waals surface area contributed by atoms with Crippen LogP contribution in [0.3, 0.4) is 0 Å². The minimum atomic E-state index is -0.0472. The Labute approximate surface area is 121 Å². The molecule has 0 aliphatic carbocycles. The number of alkyl halides is 1. The lowest BCUT2D eigenvalue weighted by Gasteiger charge is -2.29. The van der Waals surface area contributed by atoms with Gasteiger partial charge in [0.25, 0.3) is 5.91 Å². The van der Waals surface area contributed by atoms with Gasteiger partial charge in [0.05, 0.1) is 5.69 Å². The summed E-state index contributed by atoms with van der Waals surface area (Å²) >= 11 is 4.72. The van der Waals surface area contributed by atoms with Crippen molar-refractivity contribution < 1.29 is 4.79 Å². The molecule has 0 saturated carbocycles. The molecule has 1 heterocycles. The van der Waals surface area contributed by atoms with E-state index in [9.17, 15) is 4.79 Å². The van der Waals surface area contributed by atoms with E-state index >= 15 is 0 Å². The fourth-order valence-corrected chi connectivity index (χ4v) is 3.35. The van der Waals surface area contributed by atoms with Crippen molar-refractivity contribution in [2.24, 2.45) is 5.41 Å². The molecule has 102 valence electrons. The minimum absolute atomic E-state index is 0.0472. The maximum Gasteiger partial charge on any atom is 0.264 e. The maximum atomic E-state index is 12.1. The lowest BCUT2D eigenvalue weighted by Crippen LogP contribution is -2.38. The molecule has 1 aromatic heterocycles. The third-order valence-corrected chi connectivity index (χ3v) is 5.46. The van der Waals surface area contributed by atoms with E-state index in [4.69, 9.17) is 0 Å². The molecule has 0 saturated heterocycles. The Morgan fingerprint density at radius 3 is 2.56 bits per heavy atom. The number of nitrogens with one attached hydrogen (secondary N) is 1. The molecule has 0 aromatic carbocycles. The first-order valence-electron chi connectivity index (χ1n) is 6.27. The number of hydrogen-bond donors (Lipinski definition) is 1. The fraction of sp³-hybridized carbons (Fsp3) is 0.750. The number of carbonyl (C=O) groups excluding carboxylic acids is 1. The molecule has 0 spiro atoms. The lowest BCUT2D eigenvalue weighted by atomic mass is 9.84. The summed E-state index contributed by atoms with van der Waals surface area (Å²) in [7, 11) is 0. The summed E-state index contributed by atoms with van der Waals surface area (Å²) in [6.45, 7) is 6.98. The van der Waals surface area contributed by atoms with Crippen LogP contribution in [0.15, 0.2) is 0 Å². The van der Waals surface area contributed by atoms with Crippen LogP contribution in [0.1, 0.15) is 49.0 Å². The van der Waals surface area contributed by atoms with Crippen molar-refractivity contribution >= 4 is 33.4 Å². The van der Waals surface area contributed by atoms with Crippen molar-refractivity contribution in [3.8, 4) is 0 Å². The first-order valence-corrected chi connectivity index (χ1v) is 8.17. The second-order valence-corrected chi connectivity index (χ2v) is 5.74. The molecule has 0 atom stereocenters. The highest BCUT2D eigenvalue weighted by molar-refractivity contribution is 9.09. The van der Waals surface area contributed by atoms with Crippen LogP contribution in [-0.4, -0.2) is 27.4 Å². The van der Waals surface area contributed by atoms with Crippen molar-refractivity contribution in [3.63, 3.8) is 0 Å². The minimum Gasteiger partial charge on any atom is -0.351 e. The summed E-state index contributed by atoms with van der Waals surface area (Å²) in [5.74, 6) is -0.0472. The van der Waals surface area contributed by atoms with E-state index in [1.807, 2.05) is 6.92 Å². The molecule has 0 bridgehead atoms. The predicted octanol–water partition coefficient (Wildman–Crippen LogP) is 3.03. The summed E-state index contributed by atoms with van der Waals surface area (Å²) in [5.41, 5.74) is 0.926. The molecular formula is C12H20BrN3OS. The van der Waals surface area contributed by atoms with E-state index in [2.05, 4.69) is 44.7 Å². The monoisotopic (exact) mass is 333 g/mol. The van der Waals surface area contributed by atoms with Crippen LogP contribution in [0.5, 0.6) is 0 Å². The molecule has 18 heavy (non-hydrogen) atoms. The largest absolute Gasteiger partial charge is 0.351 e. The van der Waals surface area contributed by atoms with Crippen LogP contribution >= 0.6 is 27.5 Å². The van der Waals surface area contributed by atoms with Gasteiger partial charge in [0, 0.05) is 11.9 Å². The van der Waals surface area contributed by atoms with E-state index < -0.39 is 0 Å². The first-order chi connectivity index (χ1) is 8.62. The summed E-state index contributed by atoms with van der Waals surface area (Å²) < 4.78 is 3.84. The fourth-order valence-electron chi connectivity index (χ4n) is 1.70. The van der Waals surface area contributed by atoms with E-state index in [1.165, 1.54) is 11.5 Å². The molecule has 1 N–H and O–H groups in total. The number of amides is 1. The van der Waals surface area contributed by atoms with Crippen molar-refractivity contribution in [2.75, 3.05) is 11.9 Å². The summed E-state index contributed by atoms with van der Waals surface area (Å²) in [6.07, 6.45) is 2.82. The number of halogens is 1. The molecule has 0 radical (unpaired) electrons. The second-order valence-electron chi connectivity index (χ2n) is 4.43. The van der Waals surface area contributed by atoms with Gasteiger partial charge in [-0.3, -0.25) is 4.79 Å². The van der Waals surface area contributed by atoms with E-state index in [1.54, 1.807) is 0 Å². The van der Waals surface area contributed by atoms with Gasteiger partial charge in [0.2, 0.25) is 0 Å². The number of rotatable bonds is 7. The molecule has 6 heteroatoms. The topological polar surface area (TPSA) is 54.9 Å². The molecule has 1 aromatic rings. The molecule has 1 rings (SSSR count). The van der Waals surface area contributed by atoms with Gasteiger partial charge in [-0.05, 0) is 36.2 Å². The van der Waals surface area contributed by atoms with E-state index in [0.717, 1.165) is 30.3 Å². The Hall–Kier alpha value is -0.490. The number of carbonyl (C=O) groups is 1. The average molecular weight is 334 g/mol. The standard InChI is InChI=1S/C12H20BrN3OS/c1-4-9-10(18-16-15-9)11(17)14-8-12(5-2,6-3)7-13/h4-8H2,1-3H3,(H,14,17). The molecule has 4 nitrogen and oxygen atoms in total. The lowest BCUT2D eigenvalue weighted by molar-refractivity contribution is 0.0935. The highest BCUT2D eigenvalue weighted by atomic mass is 79.9. The Morgan fingerprint density at radius 1 is 1.39 bits per heavy atom. The zero-order valence-electron chi connectivity index (χ0n) is 11.1. The average Bonchev–Trinajstić information content (AvgIpc) is 2.89. The Bertz CT molecular complexity index is 382. The van der Waals surface area contributed by atoms with Gasteiger partial charge in [0.15, 0.2) is 0 Å². The second kappa shape index (κ2) is 7.19. The number of nitrogens with zero attached hydrogens (tertiary/aromatic N) is 2. The first kappa shape index (κ1) is 15.6. The highest BCUT2D eigenvalue weighted by Gasteiger charge is 2.26. The van der Waals surface area contributed by atoms with Gasteiger partial charge >= 0.3 is 0 Å². The molecule has 0 unspecified atom stereocenters.